The number of carbonyl (C=O) groups excluding carboxylic acids is 8. The molecule has 0 spiro atoms. The van der Waals surface area contributed by atoms with E-state index in [0.717, 1.165) is 147 Å². The van der Waals surface area contributed by atoms with Gasteiger partial charge >= 0.3 is 83.6 Å². The zero-order valence-electron chi connectivity index (χ0n) is 75.3. The fourth-order valence-corrected chi connectivity index (χ4v) is 26.8. The van der Waals surface area contributed by atoms with Crippen LogP contribution in [0.4, 0.5) is 0 Å². The van der Waals surface area contributed by atoms with Crippen molar-refractivity contribution in [2.24, 2.45) is 195 Å². The molecule has 28 nitrogen and oxygen atoms in total. The molecule has 17 aliphatic carbocycles. The van der Waals surface area contributed by atoms with Crippen LogP contribution in [0.2, 0.25) is 0 Å². The van der Waals surface area contributed by atoms with Gasteiger partial charge in [0.25, 0.3) is 0 Å². The summed E-state index contributed by atoms with van der Waals surface area (Å²) in [6.07, 6.45) is 25.0. The summed E-state index contributed by atoms with van der Waals surface area (Å²) in [5, 5.41) is 55.9. The van der Waals surface area contributed by atoms with E-state index in [9.17, 15) is 87.5 Å². The lowest BCUT2D eigenvalue weighted by atomic mass is 9.48. The van der Waals surface area contributed by atoms with E-state index >= 15 is 0 Å². The maximum atomic E-state index is 12.2. The highest BCUT2D eigenvalue weighted by molar-refractivity contribution is 5.84. The smallest absolute Gasteiger partial charge is 0.310 e. The summed E-state index contributed by atoms with van der Waals surface area (Å²) >= 11 is 0. The molecule has 0 saturated heterocycles. The third-order valence-corrected chi connectivity index (χ3v) is 34.0. The molecule has 0 aliphatic heterocycles. The normalized spacial score (nSPS) is 38.9. The van der Waals surface area contributed by atoms with Crippen LogP contribution in [0.1, 0.15) is 269 Å². The van der Waals surface area contributed by atoms with Crippen LogP contribution in [0.3, 0.4) is 0 Å². The van der Waals surface area contributed by atoms with Crippen molar-refractivity contribution in [2.75, 3.05) is 26.4 Å². The summed E-state index contributed by atoms with van der Waals surface area (Å²) in [6.45, 7) is 23.0. The van der Waals surface area contributed by atoms with E-state index < -0.39 is 76.8 Å². The Morgan fingerprint density at radius 1 is 0.290 bits per heavy atom. The van der Waals surface area contributed by atoms with Gasteiger partial charge in [0, 0.05) is 0 Å². The monoisotopic (exact) mass is 1740 g/mol. The Morgan fingerprint density at radius 2 is 0.653 bits per heavy atom. The molecule has 0 aromatic rings. The molecule has 6 N–H and O–H groups in total. The lowest BCUT2D eigenvalue weighted by Gasteiger charge is -2.57. The van der Waals surface area contributed by atoms with Crippen molar-refractivity contribution < 1.29 is 136 Å². The summed E-state index contributed by atoms with van der Waals surface area (Å²) in [7, 11) is 0. The fourth-order valence-electron chi connectivity index (χ4n) is 26.8. The first-order valence-corrected chi connectivity index (χ1v) is 47.8. The Labute approximate surface area is 730 Å². The van der Waals surface area contributed by atoms with Crippen LogP contribution in [0.5, 0.6) is 0 Å². The maximum Gasteiger partial charge on any atom is 0.310 e. The van der Waals surface area contributed by atoms with E-state index in [-0.39, 0.29) is 175 Å². The summed E-state index contributed by atoms with van der Waals surface area (Å²) < 4.78 is 43.1. The molecule has 17 aliphatic rings. The fraction of sp³-hybridized carbons (Fsp3) is 0.854. The number of fused-ring (bicyclic) bond motifs is 22. The number of hydrogen-bond donors (Lipinski definition) is 6. The van der Waals surface area contributed by atoms with Crippen molar-refractivity contribution in [1.82, 2.24) is 0 Å². The van der Waals surface area contributed by atoms with Crippen LogP contribution in [-0.4, -0.2) is 165 Å². The number of rotatable bonds is 30. The van der Waals surface area contributed by atoms with E-state index in [2.05, 4.69) is 0 Å². The molecule has 0 amide bonds. The zero-order chi connectivity index (χ0) is 90.4. The molecule has 16 bridgehead atoms. The molecular formula is C96H144O28. The van der Waals surface area contributed by atoms with Crippen molar-refractivity contribution >= 4 is 83.6 Å². The van der Waals surface area contributed by atoms with Crippen LogP contribution >= 0.6 is 0 Å². The summed E-state index contributed by atoms with van der Waals surface area (Å²) in [6, 6.07) is 0. The minimum absolute atomic E-state index is 0.00802. The number of aliphatic carboxylic acids is 6. The Hall–Kier alpha value is -7.42. The van der Waals surface area contributed by atoms with Crippen molar-refractivity contribution in [1.29, 1.82) is 0 Å². The molecule has 124 heavy (non-hydrogen) atoms. The first kappa shape index (κ1) is 97.2. The second-order valence-electron chi connectivity index (χ2n) is 40.9. The minimum atomic E-state index is -0.945. The van der Waals surface area contributed by atoms with E-state index in [4.69, 9.17) is 48.1 Å². The van der Waals surface area contributed by atoms with Gasteiger partial charge in [-0.05, 0) is 286 Å². The number of ether oxygens (including phenoxy) is 8. The average molecular weight is 1750 g/mol. The van der Waals surface area contributed by atoms with Gasteiger partial charge in [0.2, 0.25) is 0 Å². The van der Waals surface area contributed by atoms with Crippen LogP contribution in [0.15, 0.2) is 0 Å². The van der Waals surface area contributed by atoms with E-state index in [1.165, 1.54) is 0 Å². The standard InChI is InChI=1S/2C18H26O4.C16H24O6.C16H24O4.C15H24O6.C13H20O4/c1-3-8(2)18(21)22-14-7-10-6-13(14)16-9-4-11(15(10)16)12(5-9)17(19)20;1-3-8(2)18(21)22-14-7-10-6-13(14)16-11-4-9(15(10)16)5-12(11)17(19)20;1-3-9(2)15(19)21-6-7-22-16(20)13-11-5-4-10(8-11)12(13)14(17)18;1-3-9(2)14(17)20-13-11-4-10-5-12(13)8-16(6-10,7-11)15(18)19;1-3-10(2)14(18)20-8-9-21-15(19)12-7-5-4-6-11(12)13(16)17;1-3-7(2)13(16)17-11-6-8-4-9(11)5-10(8)12(14)15/h2*8-16H,3-7H2,1-2H3,(H,19,20);9-13H,3-8H2,1-2H3,(H,17,18);9-13H,3-8H2,1-2H3,(H,18,19);10-12H,3-9H2,1-2H3,(H,16,17);7-11H,3-6H2,1-2H3,(H,14,15). The third kappa shape index (κ3) is 21.3. The van der Waals surface area contributed by atoms with Gasteiger partial charge in [-0.1, -0.05) is 95.9 Å². The van der Waals surface area contributed by atoms with Gasteiger partial charge in [-0.3, -0.25) is 67.1 Å². The SMILES string of the molecule is CCC(C)C(=O)OC1C2CC3CC1CC(C(=O)O)(C3)C2.CCC(C)C(=O)OC1CC2CC1C1C3CC(C(=O)O)C(C3)C21.CCC(C)C(=O)OC1CC2CC1C1C3CC(CC3C(=O)O)C21.CCC(C)C(=O)OC1CC2CC1CC2C(=O)O.CCC(C)C(=O)OCCOC(=O)C1C2CCC(C2)C1C(=O)O.CCC(C)C(=O)OCCOC(=O)C1CCCCC1C(=O)O. The molecule has 696 valence electrons. The number of esters is 8. The molecule has 17 fully saturated rings. The quantitative estimate of drug-likeness (QED) is 0.0168. The number of carboxylic acids is 6. The highest BCUT2D eigenvalue weighted by Gasteiger charge is 2.69. The number of carboxylic acid groups (broad SMARTS) is 6. The predicted molar refractivity (Wildman–Crippen MR) is 445 cm³/mol. The average Bonchev–Trinajstić information content (AvgIpc) is 1.53. The van der Waals surface area contributed by atoms with Crippen molar-refractivity contribution in [3.05, 3.63) is 0 Å². The van der Waals surface area contributed by atoms with Gasteiger partial charge in [-0.25, -0.2) is 0 Å². The maximum absolute atomic E-state index is 12.2. The second-order valence-corrected chi connectivity index (χ2v) is 40.9. The molecule has 0 aromatic carbocycles. The molecular weight excluding hydrogens is 1600 g/mol. The molecule has 34 atom stereocenters. The molecule has 34 unspecified atom stereocenters. The van der Waals surface area contributed by atoms with Gasteiger partial charge < -0.3 is 68.5 Å². The van der Waals surface area contributed by atoms with Crippen molar-refractivity contribution in [3.63, 3.8) is 0 Å². The third-order valence-electron chi connectivity index (χ3n) is 34.0. The summed E-state index contributed by atoms with van der Waals surface area (Å²) in [4.78, 5) is 163. The number of carbonyl (C=O) groups is 14. The number of hydrogen-bond acceptors (Lipinski definition) is 22. The lowest BCUT2D eigenvalue weighted by Crippen LogP contribution is -2.57. The topological polar surface area (TPSA) is 434 Å². The predicted octanol–water partition coefficient (Wildman–Crippen LogP) is 14.7. The van der Waals surface area contributed by atoms with Crippen LogP contribution in [-0.2, 0) is 105 Å². The molecule has 28 heteroatoms. The van der Waals surface area contributed by atoms with E-state index in [1.54, 1.807) is 13.8 Å². The van der Waals surface area contributed by atoms with Gasteiger partial charge in [0.05, 0.1) is 82.3 Å². The van der Waals surface area contributed by atoms with Gasteiger partial charge in [0.1, 0.15) is 50.8 Å². The molecule has 0 radical (unpaired) electrons. The van der Waals surface area contributed by atoms with Crippen molar-refractivity contribution in [3.8, 4) is 0 Å². The van der Waals surface area contributed by atoms with E-state index in [0.29, 0.717) is 116 Å². The molecule has 0 heterocycles. The van der Waals surface area contributed by atoms with Gasteiger partial charge in [-0.15, -0.1) is 0 Å². The lowest BCUT2D eigenvalue weighted by molar-refractivity contribution is -0.194. The van der Waals surface area contributed by atoms with Crippen LogP contribution in [0, 0.1) is 195 Å². The zero-order valence-corrected chi connectivity index (χ0v) is 75.3. The second kappa shape index (κ2) is 42.2. The van der Waals surface area contributed by atoms with E-state index in [1.807, 2.05) is 69.2 Å². The molecule has 17 rings (SSSR count). The Morgan fingerprint density at radius 3 is 1.10 bits per heavy atom. The largest absolute Gasteiger partial charge is 0.481 e. The Kier molecular flexibility index (Phi) is 33.1. The van der Waals surface area contributed by atoms with Gasteiger partial charge in [0.15, 0.2) is 0 Å². The van der Waals surface area contributed by atoms with Crippen molar-refractivity contribution in [2.45, 2.75) is 294 Å². The first-order valence-electron chi connectivity index (χ1n) is 47.8. The highest BCUT2D eigenvalue weighted by atomic mass is 16.6. The Bertz CT molecular complexity index is 3800. The van der Waals surface area contributed by atoms with Crippen LogP contribution in [0.25, 0.3) is 0 Å². The van der Waals surface area contributed by atoms with Gasteiger partial charge in [-0.2, -0.15) is 0 Å². The summed E-state index contributed by atoms with van der Waals surface area (Å²) in [5.41, 5.74) is -0.518. The Balaban J connectivity index is 0.000000145. The minimum Gasteiger partial charge on any atom is -0.481 e. The summed E-state index contributed by atoms with van der Waals surface area (Å²) in [5.74, 6) is -1.22. The first-order chi connectivity index (χ1) is 58.9. The molecule has 0 aromatic heterocycles. The molecule has 17 saturated carbocycles. The van der Waals surface area contributed by atoms with Crippen LogP contribution < -0.4 is 0 Å². The highest BCUT2D eigenvalue weighted by Crippen LogP contribution is 2.71.